The molecule has 19 heavy (non-hydrogen) atoms. The maximum Gasteiger partial charge on any atom is 0.416 e. The van der Waals surface area contributed by atoms with Crippen molar-refractivity contribution in [2.45, 2.75) is 13.1 Å². The SMILES string of the molecule is CCOC(=O)/C(C#N)=C\c1ccccc1C(F)(F)F. The Kier molecular flexibility index (Phi) is 4.70. The van der Waals surface area contributed by atoms with Crippen molar-refractivity contribution < 1.29 is 22.7 Å². The van der Waals surface area contributed by atoms with Gasteiger partial charge in [0.15, 0.2) is 0 Å². The zero-order chi connectivity index (χ0) is 14.5. The van der Waals surface area contributed by atoms with E-state index < -0.39 is 23.3 Å². The number of alkyl halides is 3. The van der Waals surface area contributed by atoms with E-state index in [0.717, 1.165) is 12.1 Å². The fourth-order valence-corrected chi connectivity index (χ4v) is 1.38. The molecule has 0 saturated heterocycles. The van der Waals surface area contributed by atoms with Crippen molar-refractivity contribution in [3.05, 3.63) is 41.0 Å². The van der Waals surface area contributed by atoms with Crippen LogP contribution in [-0.4, -0.2) is 12.6 Å². The molecule has 1 rings (SSSR count). The Hall–Kier alpha value is -2.29. The monoisotopic (exact) mass is 269 g/mol. The zero-order valence-corrected chi connectivity index (χ0v) is 9.99. The molecule has 0 aromatic heterocycles. The van der Waals surface area contributed by atoms with Crippen molar-refractivity contribution in [3.8, 4) is 6.07 Å². The summed E-state index contributed by atoms with van der Waals surface area (Å²) in [5.41, 5.74) is -1.63. The summed E-state index contributed by atoms with van der Waals surface area (Å²) in [5.74, 6) is -0.943. The topological polar surface area (TPSA) is 50.1 Å². The van der Waals surface area contributed by atoms with Gasteiger partial charge in [-0.15, -0.1) is 0 Å². The molecule has 0 amide bonds. The highest BCUT2D eigenvalue weighted by Gasteiger charge is 2.32. The summed E-state index contributed by atoms with van der Waals surface area (Å²) in [6.45, 7) is 1.58. The number of nitrogens with zero attached hydrogens (tertiary/aromatic N) is 1. The van der Waals surface area contributed by atoms with E-state index in [0.29, 0.717) is 0 Å². The number of esters is 1. The Labute approximate surface area is 107 Å². The number of nitriles is 1. The lowest BCUT2D eigenvalue weighted by Crippen LogP contribution is -2.09. The molecule has 0 fully saturated rings. The van der Waals surface area contributed by atoms with Crippen molar-refractivity contribution in [1.82, 2.24) is 0 Å². The highest BCUT2D eigenvalue weighted by molar-refractivity contribution is 5.98. The van der Waals surface area contributed by atoms with E-state index in [1.165, 1.54) is 31.2 Å². The van der Waals surface area contributed by atoms with Crippen LogP contribution in [0.15, 0.2) is 29.8 Å². The molecule has 6 heteroatoms. The molecule has 0 heterocycles. The molecule has 0 saturated carbocycles. The molecule has 0 aliphatic heterocycles. The highest BCUT2D eigenvalue weighted by Crippen LogP contribution is 2.32. The fraction of sp³-hybridized carbons (Fsp3) is 0.231. The molecule has 0 aliphatic rings. The summed E-state index contributed by atoms with van der Waals surface area (Å²) in [6.07, 6.45) is -3.68. The Bertz CT molecular complexity index is 542. The molecular formula is C13H10F3NO2. The average molecular weight is 269 g/mol. The molecule has 0 unspecified atom stereocenters. The quantitative estimate of drug-likeness (QED) is 0.481. The number of rotatable bonds is 3. The third kappa shape index (κ3) is 3.85. The Morgan fingerprint density at radius 2 is 2.05 bits per heavy atom. The number of benzene rings is 1. The van der Waals surface area contributed by atoms with Gasteiger partial charge in [0.05, 0.1) is 12.2 Å². The van der Waals surface area contributed by atoms with Crippen LogP contribution in [0.1, 0.15) is 18.1 Å². The van der Waals surface area contributed by atoms with Crippen LogP contribution in [0.5, 0.6) is 0 Å². The predicted molar refractivity (Wildman–Crippen MR) is 61.7 cm³/mol. The van der Waals surface area contributed by atoms with Gasteiger partial charge >= 0.3 is 12.1 Å². The van der Waals surface area contributed by atoms with Gasteiger partial charge in [0.1, 0.15) is 11.6 Å². The smallest absolute Gasteiger partial charge is 0.416 e. The van der Waals surface area contributed by atoms with Crippen LogP contribution in [0.4, 0.5) is 13.2 Å². The molecule has 1 aromatic carbocycles. The average Bonchev–Trinajstić information content (AvgIpc) is 2.35. The summed E-state index contributed by atoms with van der Waals surface area (Å²) in [7, 11) is 0. The Morgan fingerprint density at radius 3 is 2.58 bits per heavy atom. The van der Waals surface area contributed by atoms with Gasteiger partial charge in [-0.2, -0.15) is 18.4 Å². The third-order valence-corrected chi connectivity index (χ3v) is 2.18. The minimum Gasteiger partial charge on any atom is -0.462 e. The Morgan fingerprint density at radius 1 is 1.42 bits per heavy atom. The first-order valence-corrected chi connectivity index (χ1v) is 5.35. The maximum atomic E-state index is 12.7. The molecule has 0 spiro atoms. The second kappa shape index (κ2) is 6.05. The summed E-state index contributed by atoms with van der Waals surface area (Å²) < 4.78 is 42.8. The van der Waals surface area contributed by atoms with Crippen LogP contribution < -0.4 is 0 Å². The summed E-state index contributed by atoms with van der Waals surface area (Å²) in [4.78, 5) is 11.3. The lowest BCUT2D eigenvalue weighted by atomic mass is 10.0. The molecule has 0 atom stereocenters. The van der Waals surface area contributed by atoms with Gasteiger partial charge < -0.3 is 4.74 Å². The molecule has 0 aliphatic carbocycles. The van der Waals surface area contributed by atoms with E-state index in [-0.39, 0.29) is 12.2 Å². The first kappa shape index (κ1) is 14.8. The van der Waals surface area contributed by atoms with Crippen LogP contribution in [-0.2, 0) is 15.7 Å². The van der Waals surface area contributed by atoms with Crippen molar-refractivity contribution in [2.75, 3.05) is 6.61 Å². The molecular weight excluding hydrogens is 259 g/mol. The largest absolute Gasteiger partial charge is 0.462 e. The van der Waals surface area contributed by atoms with Crippen molar-refractivity contribution >= 4 is 12.0 Å². The van der Waals surface area contributed by atoms with Crippen LogP contribution in [0.25, 0.3) is 6.08 Å². The van der Waals surface area contributed by atoms with Gasteiger partial charge in [-0.3, -0.25) is 0 Å². The van der Waals surface area contributed by atoms with Crippen molar-refractivity contribution in [1.29, 1.82) is 5.26 Å². The van der Waals surface area contributed by atoms with Gasteiger partial charge in [-0.05, 0) is 24.6 Å². The summed E-state index contributed by atoms with van der Waals surface area (Å²) in [6, 6.07) is 6.22. The fourth-order valence-electron chi connectivity index (χ4n) is 1.38. The summed E-state index contributed by atoms with van der Waals surface area (Å²) in [5, 5.41) is 8.78. The second-order valence-electron chi connectivity index (χ2n) is 3.48. The minimum atomic E-state index is -4.55. The van der Waals surface area contributed by atoms with E-state index in [9.17, 15) is 18.0 Å². The van der Waals surface area contributed by atoms with E-state index in [1.807, 2.05) is 0 Å². The lowest BCUT2D eigenvalue weighted by molar-refractivity contribution is -0.139. The van der Waals surface area contributed by atoms with Crippen LogP contribution >= 0.6 is 0 Å². The van der Waals surface area contributed by atoms with Crippen molar-refractivity contribution in [2.24, 2.45) is 0 Å². The zero-order valence-electron chi connectivity index (χ0n) is 9.99. The van der Waals surface area contributed by atoms with Gasteiger partial charge in [0.25, 0.3) is 0 Å². The van der Waals surface area contributed by atoms with Gasteiger partial charge in [-0.1, -0.05) is 18.2 Å². The molecule has 0 radical (unpaired) electrons. The standard InChI is InChI=1S/C13H10F3NO2/c1-2-19-12(18)10(8-17)7-9-5-3-4-6-11(9)13(14,15)16/h3-7H,2H2,1H3/b10-7-. The van der Waals surface area contributed by atoms with E-state index in [1.54, 1.807) is 0 Å². The normalized spacial score (nSPS) is 11.8. The molecule has 0 N–H and O–H groups in total. The molecule has 0 bridgehead atoms. The predicted octanol–water partition coefficient (Wildman–Crippen LogP) is 3.18. The van der Waals surface area contributed by atoms with Crippen LogP contribution in [0.3, 0.4) is 0 Å². The summed E-state index contributed by atoms with van der Waals surface area (Å²) >= 11 is 0. The number of carbonyl (C=O) groups excluding carboxylic acids is 1. The van der Waals surface area contributed by atoms with E-state index >= 15 is 0 Å². The number of ether oxygens (including phenoxy) is 1. The second-order valence-corrected chi connectivity index (χ2v) is 3.48. The minimum absolute atomic E-state index is 0.0404. The maximum absolute atomic E-state index is 12.7. The molecule has 3 nitrogen and oxygen atoms in total. The first-order chi connectivity index (χ1) is 8.90. The number of halogens is 3. The van der Waals surface area contributed by atoms with Gasteiger partial charge in [-0.25, -0.2) is 4.79 Å². The van der Waals surface area contributed by atoms with Crippen LogP contribution in [0, 0.1) is 11.3 Å². The van der Waals surface area contributed by atoms with Gasteiger partial charge in [0, 0.05) is 0 Å². The van der Waals surface area contributed by atoms with Gasteiger partial charge in [0.2, 0.25) is 0 Å². The third-order valence-electron chi connectivity index (χ3n) is 2.18. The number of carbonyl (C=O) groups is 1. The van der Waals surface area contributed by atoms with E-state index in [4.69, 9.17) is 5.26 Å². The highest BCUT2D eigenvalue weighted by atomic mass is 19.4. The van der Waals surface area contributed by atoms with Crippen molar-refractivity contribution in [3.63, 3.8) is 0 Å². The molecule has 100 valence electrons. The molecule has 1 aromatic rings. The number of hydrogen-bond acceptors (Lipinski definition) is 3. The lowest BCUT2D eigenvalue weighted by Gasteiger charge is -2.10. The number of hydrogen-bond donors (Lipinski definition) is 0. The van der Waals surface area contributed by atoms with E-state index in [2.05, 4.69) is 4.74 Å². The van der Waals surface area contributed by atoms with Crippen LogP contribution in [0.2, 0.25) is 0 Å². The first-order valence-electron chi connectivity index (χ1n) is 5.35. The Balaban J connectivity index is 3.24.